The van der Waals surface area contributed by atoms with Crippen molar-refractivity contribution in [2.45, 2.75) is 19.1 Å². The van der Waals surface area contributed by atoms with Crippen molar-refractivity contribution in [3.05, 3.63) is 54.1 Å². The van der Waals surface area contributed by atoms with Crippen LogP contribution < -0.4 is 14.2 Å². The largest absolute Gasteiger partial charge is 0.490 e. The molecule has 0 aliphatic carbocycles. The first kappa shape index (κ1) is 13.8. The lowest BCUT2D eigenvalue weighted by molar-refractivity contribution is 0.0401. The van der Waals surface area contributed by atoms with Crippen LogP contribution in [0.2, 0.25) is 0 Å². The third-order valence-electron chi connectivity index (χ3n) is 3.42. The van der Waals surface area contributed by atoms with Gasteiger partial charge in [-0.25, -0.2) is 0 Å². The molecule has 4 heteroatoms. The van der Waals surface area contributed by atoms with E-state index in [0.29, 0.717) is 18.1 Å². The molecule has 2 aromatic carbocycles. The molecular weight excluding hydrogens is 268 g/mol. The second kappa shape index (κ2) is 6.06. The van der Waals surface area contributed by atoms with Crippen LogP contribution in [0.25, 0.3) is 0 Å². The van der Waals surface area contributed by atoms with Gasteiger partial charge in [0.2, 0.25) is 0 Å². The maximum atomic E-state index is 9.52. The quantitative estimate of drug-likeness (QED) is 0.918. The van der Waals surface area contributed by atoms with Gasteiger partial charge in [0, 0.05) is 5.56 Å². The molecule has 1 N–H and O–H groups in total. The van der Waals surface area contributed by atoms with Crippen LogP contribution in [0.1, 0.15) is 18.6 Å². The molecule has 110 valence electrons. The van der Waals surface area contributed by atoms with Gasteiger partial charge in [-0.15, -0.1) is 0 Å². The second-order valence-corrected chi connectivity index (χ2v) is 4.79. The normalized spacial score (nSPS) is 19.7. The molecule has 0 amide bonds. The van der Waals surface area contributed by atoms with E-state index in [1.807, 2.05) is 55.5 Å². The van der Waals surface area contributed by atoms with E-state index in [-0.39, 0.29) is 12.7 Å². The van der Waals surface area contributed by atoms with Gasteiger partial charge in [-0.3, -0.25) is 0 Å². The molecular formula is C17H18O4. The van der Waals surface area contributed by atoms with E-state index in [4.69, 9.17) is 14.2 Å². The maximum absolute atomic E-state index is 9.52. The Morgan fingerprint density at radius 2 is 1.76 bits per heavy atom. The molecule has 1 heterocycles. The zero-order valence-electron chi connectivity index (χ0n) is 11.9. The van der Waals surface area contributed by atoms with Gasteiger partial charge >= 0.3 is 0 Å². The van der Waals surface area contributed by atoms with Gasteiger partial charge in [0.25, 0.3) is 0 Å². The summed E-state index contributed by atoms with van der Waals surface area (Å²) < 4.78 is 17.4. The Bertz CT molecular complexity index is 611. The number of hydrogen-bond donors (Lipinski definition) is 1. The van der Waals surface area contributed by atoms with Crippen molar-refractivity contribution in [2.24, 2.45) is 0 Å². The lowest BCUT2D eigenvalue weighted by Gasteiger charge is -2.20. The average molecular weight is 286 g/mol. The van der Waals surface area contributed by atoms with Gasteiger partial charge in [0.15, 0.2) is 23.7 Å². The van der Waals surface area contributed by atoms with E-state index in [9.17, 15) is 5.11 Å². The summed E-state index contributed by atoms with van der Waals surface area (Å²) >= 11 is 0. The van der Waals surface area contributed by atoms with Crippen LogP contribution in [-0.2, 0) is 0 Å². The van der Waals surface area contributed by atoms with Crippen LogP contribution in [0.15, 0.2) is 48.5 Å². The van der Waals surface area contributed by atoms with Crippen LogP contribution >= 0.6 is 0 Å². The van der Waals surface area contributed by atoms with Crippen LogP contribution in [0, 0.1) is 0 Å². The van der Waals surface area contributed by atoms with Gasteiger partial charge in [0.1, 0.15) is 5.75 Å². The SMILES string of the molecule is CCOc1ccccc1OC1c2ccccc2OC1CO. The molecule has 0 saturated carbocycles. The fraction of sp³-hybridized carbons (Fsp3) is 0.294. The Kier molecular flexibility index (Phi) is 3.97. The zero-order chi connectivity index (χ0) is 14.7. The Morgan fingerprint density at radius 3 is 2.52 bits per heavy atom. The molecule has 2 unspecified atom stereocenters. The molecule has 0 saturated heterocycles. The van der Waals surface area contributed by atoms with E-state index in [1.165, 1.54) is 0 Å². The van der Waals surface area contributed by atoms with Gasteiger partial charge in [-0.05, 0) is 25.1 Å². The molecule has 1 aliphatic heterocycles. The number of fused-ring (bicyclic) bond motifs is 1. The van der Waals surface area contributed by atoms with Crippen molar-refractivity contribution in [2.75, 3.05) is 13.2 Å². The minimum atomic E-state index is -0.405. The standard InChI is InChI=1S/C17H18O4/c1-2-19-14-9-5-6-10-15(14)21-17-12-7-3-4-8-13(12)20-16(17)11-18/h3-10,16-18H,2,11H2,1H3. The Labute approximate surface area is 123 Å². The summed E-state index contributed by atoms with van der Waals surface area (Å²) in [5, 5.41) is 9.52. The number of aliphatic hydroxyl groups is 1. The van der Waals surface area contributed by atoms with E-state index >= 15 is 0 Å². The van der Waals surface area contributed by atoms with Gasteiger partial charge in [-0.1, -0.05) is 30.3 Å². The highest BCUT2D eigenvalue weighted by molar-refractivity contribution is 5.43. The minimum Gasteiger partial charge on any atom is -0.490 e. The number of ether oxygens (including phenoxy) is 3. The smallest absolute Gasteiger partial charge is 0.166 e. The third-order valence-corrected chi connectivity index (χ3v) is 3.42. The molecule has 2 aromatic rings. The summed E-state index contributed by atoms with van der Waals surface area (Å²) in [6.45, 7) is 2.40. The zero-order valence-corrected chi connectivity index (χ0v) is 11.9. The average Bonchev–Trinajstić information content (AvgIpc) is 2.87. The van der Waals surface area contributed by atoms with Gasteiger partial charge in [0.05, 0.1) is 13.2 Å². The Morgan fingerprint density at radius 1 is 1.05 bits per heavy atom. The third kappa shape index (κ3) is 2.67. The summed E-state index contributed by atoms with van der Waals surface area (Å²) in [4.78, 5) is 0. The number of aliphatic hydroxyl groups excluding tert-OH is 1. The molecule has 21 heavy (non-hydrogen) atoms. The fourth-order valence-electron chi connectivity index (χ4n) is 2.48. The lowest BCUT2D eigenvalue weighted by Crippen LogP contribution is -2.27. The number of rotatable bonds is 5. The molecule has 0 spiro atoms. The first-order chi connectivity index (χ1) is 10.3. The van der Waals surface area contributed by atoms with Crippen molar-refractivity contribution >= 4 is 0 Å². The summed E-state index contributed by atoms with van der Waals surface area (Å²) in [6, 6.07) is 15.2. The Hall–Kier alpha value is -2.20. The molecule has 0 aromatic heterocycles. The molecule has 2 atom stereocenters. The van der Waals surface area contributed by atoms with E-state index in [2.05, 4.69) is 0 Å². The van der Waals surface area contributed by atoms with Crippen molar-refractivity contribution in [1.29, 1.82) is 0 Å². The highest BCUT2D eigenvalue weighted by Crippen LogP contribution is 2.41. The predicted molar refractivity (Wildman–Crippen MR) is 78.9 cm³/mol. The molecule has 0 bridgehead atoms. The van der Waals surface area contributed by atoms with Crippen molar-refractivity contribution in [1.82, 2.24) is 0 Å². The van der Waals surface area contributed by atoms with Crippen molar-refractivity contribution in [3.63, 3.8) is 0 Å². The highest BCUT2D eigenvalue weighted by Gasteiger charge is 2.36. The minimum absolute atomic E-state index is 0.101. The fourth-order valence-corrected chi connectivity index (χ4v) is 2.48. The molecule has 1 aliphatic rings. The van der Waals surface area contributed by atoms with Crippen LogP contribution in [-0.4, -0.2) is 24.4 Å². The molecule has 3 rings (SSSR count). The van der Waals surface area contributed by atoms with E-state index in [1.54, 1.807) is 0 Å². The first-order valence-electron chi connectivity index (χ1n) is 7.08. The van der Waals surface area contributed by atoms with E-state index in [0.717, 1.165) is 11.3 Å². The van der Waals surface area contributed by atoms with Crippen LogP contribution in [0.3, 0.4) is 0 Å². The first-order valence-corrected chi connectivity index (χ1v) is 7.08. The van der Waals surface area contributed by atoms with Gasteiger partial charge < -0.3 is 19.3 Å². The maximum Gasteiger partial charge on any atom is 0.166 e. The Balaban J connectivity index is 1.90. The summed E-state index contributed by atoms with van der Waals surface area (Å²) in [6.07, 6.45) is -0.745. The topological polar surface area (TPSA) is 47.9 Å². The number of para-hydroxylation sites is 3. The predicted octanol–water partition coefficient (Wildman–Crippen LogP) is 2.96. The summed E-state index contributed by atoms with van der Waals surface area (Å²) in [5.41, 5.74) is 0.947. The lowest BCUT2D eigenvalue weighted by atomic mass is 10.1. The number of hydrogen-bond acceptors (Lipinski definition) is 4. The second-order valence-electron chi connectivity index (χ2n) is 4.79. The summed E-state index contributed by atoms with van der Waals surface area (Å²) in [5.74, 6) is 2.11. The summed E-state index contributed by atoms with van der Waals surface area (Å²) in [7, 11) is 0. The van der Waals surface area contributed by atoms with Crippen molar-refractivity contribution < 1.29 is 19.3 Å². The molecule has 4 nitrogen and oxygen atoms in total. The van der Waals surface area contributed by atoms with Gasteiger partial charge in [-0.2, -0.15) is 0 Å². The van der Waals surface area contributed by atoms with Crippen LogP contribution in [0.5, 0.6) is 17.2 Å². The molecule has 0 fully saturated rings. The molecule has 0 radical (unpaired) electrons. The van der Waals surface area contributed by atoms with Crippen LogP contribution in [0.4, 0.5) is 0 Å². The van der Waals surface area contributed by atoms with E-state index < -0.39 is 6.10 Å². The number of benzene rings is 2. The highest BCUT2D eigenvalue weighted by atomic mass is 16.6. The monoisotopic (exact) mass is 286 g/mol. The van der Waals surface area contributed by atoms with Crippen molar-refractivity contribution in [3.8, 4) is 17.2 Å².